The molecule has 2 aromatic heterocycles. The standard InChI is InChI=1S/C48H88N7O17P3S/c1-36(2)26-24-22-20-18-16-14-12-10-8-6-5-7-9-11-13-15-17-19-21-23-25-27-39(57)76-31-30-50-38(56)28-29-51-46(60)43(59)48(3,4)33-69-75(66,67)72-74(64,65)68-32-37-42(71-73(61,62)63)41(58)47(70-37)55-35-54-40-44(49)52-34-53-45(40)55/h34-37,41-43,47,58-59H,5-33H2,1-4H3,(H,50,56)(H,51,60)(H,64,65)(H,66,67)(H2,49,52,53)(H2,61,62,63)/t37-,41-,42-,43+,47-/m0/s1. The summed E-state index contributed by atoms with van der Waals surface area (Å²) in [5.74, 6) is -0.172. The molecule has 1 aliphatic rings. The third-order valence-electron chi connectivity index (χ3n) is 12.9. The molecule has 28 heteroatoms. The zero-order chi connectivity index (χ0) is 56.2. The first-order chi connectivity index (χ1) is 35.9. The van der Waals surface area contributed by atoms with E-state index in [1.165, 1.54) is 136 Å². The molecular weight excluding hydrogens is 1070 g/mol. The number of rotatable bonds is 43. The number of unbranched alkanes of at least 4 members (excludes halogenated alkanes) is 20. The highest BCUT2D eigenvalue weighted by molar-refractivity contribution is 8.13. The number of hydrogen-bond donors (Lipinski definition) is 9. The summed E-state index contributed by atoms with van der Waals surface area (Å²) in [5, 5.41) is 26.8. The number of fused-ring (bicyclic) bond motifs is 1. The predicted octanol–water partition coefficient (Wildman–Crippen LogP) is 8.29. The first kappa shape index (κ1) is 67.8. The van der Waals surface area contributed by atoms with E-state index in [2.05, 4.69) is 48.3 Å². The van der Waals surface area contributed by atoms with Crippen LogP contribution < -0.4 is 16.4 Å². The normalized spacial score (nSPS) is 19.2. The third kappa shape index (κ3) is 27.6. The van der Waals surface area contributed by atoms with Gasteiger partial charge in [0.25, 0.3) is 0 Å². The minimum atomic E-state index is -5.58. The molecule has 2 amide bonds. The fourth-order valence-corrected chi connectivity index (χ4v) is 12.1. The number of phosphoric ester groups is 3. The number of aromatic nitrogens is 4. The monoisotopic (exact) mass is 1160 g/mol. The summed E-state index contributed by atoms with van der Waals surface area (Å²) in [6, 6.07) is 0. The molecular formula is C48H88N7O17P3S. The van der Waals surface area contributed by atoms with Gasteiger partial charge in [0.05, 0.1) is 19.5 Å². The summed E-state index contributed by atoms with van der Waals surface area (Å²) in [5.41, 5.74) is 4.30. The lowest BCUT2D eigenvalue weighted by molar-refractivity contribution is -0.137. The van der Waals surface area contributed by atoms with Gasteiger partial charge in [0.2, 0.25) is 11.8 Å². The molecule has 0 saturated carbocycles. The Hall–Kier alpha value is -2.44. The van der Waals surface area contributed by atoms with Gasteiger partial charge in [-0.05, 0) is 12.3 Å². The van der Waals surface area contributed by atoms with Gasteiger partial charge in [-0.2, -0.15) is 4.31 Å². The smallest absolute Gasteiger partial charge is 0.386 e. The molecule has 0 spiro atoms. The summed E-state index contributed by atoms with van der Waals surface area (Å²) in [6.45, 7) is 5.21. The van der Waals surface area contributed by atoms with Gasteiger partial charge in [-0.15, -0.1) is 0 Å². The molecule has 438 valence electrons. The molecule has 0 bridgehead atoms. The fourth-order valence-electron chi connectivity index (χ4n) is 8.55. The molecule has 3 rings (SSSR count). The topological polar surface area (TPSA) is 364 Å². The number of imidazole rings is 1. The summed E-state index contributed by atoms with van der Waals surface area (Å²) in [4.78, 5) is 88.7. The molecule has 1 fully saturated rings. The Bertz CT molecular complexity index is 2170. The number of nitrogen functional groups attached to an aromatic ring is 1. The van der Waals surface area contributed by atoms with E-state index in [0.29, 0.717) is 12.2 Å². The molecule has 0 aliphatic carbocycles. The lowest BCUT2D eigenvalue weighted by Crippen LogP contribution is -2.46. The van der Waals surface area contributed by atoms with Crippen molar-refractivity contribution in [2.75, 3.05) is 37.8 Å². The van der Waals surface area contributed by atoms with Crippen molar-refractivity contribution in [2.45, 2.75) is 212 Å². The van der Waals surface area contributed by atoms with Crippen LogP contribution in [0.3, 0.4) is 0 Å². The van der Waals surface area contributed by atoms with Crippen molar-refractivity contribution in [3.8, 4) is 0 Å². The summed E-state index contributed by atoms with van der Waals surface area (Å²) < 4.78 is 62.6. The largest absolute Gasteiger partial charge is 0.481 e. The molecule has 3 heterocycles. The average molecular weight is 1160 g/mol. The van der Waals surface area contributed by atoms with E-state index in [1.54, 1.807) is 0 Å². The van der Waals surface area contributed by atoms with Gasteiger partial charge in [0.15, 0.2) is 22.8 Å². The highest BCUT2D eigenvalue weighted by Gasteiger charge is 2.50. The maximum absolute atomic E-state index is 12.8. The first-order valence-electron chi connectivity index (χ1n) is 27.0. The van der Waals surface area contributed by atoms with E-state index >= 15 is 0 Å². The van der Waals surface area contributed by atoms with E-state index < -0.39 is 84.6 Å². The third-order valence-corrected chi connectivity index (χ3v) is 17.0. The molecule has 24 nitrogen and oxygen atoms in total. The molecule has 0 radical (unpaired) electrons. The summed E-state index contributed by atoms with van der Waals surface area (Å²) in [7, 11) is -16.4. The average Bonchev–Trinajstić information content (AvgIpc) is 3.91. The van der Waals surface area contributed by atoms with Crippen LogP contribution in [0.15, 0.2) is 12.7 Å². The van der Waals surface area contributed by atoms with Crippen LogP contribution >= 0.6 is 35.2 Å². The van der Waals surface area contributed by atoms with Gasteiger partial charge in [-0.1, -0.05) is 174 Å². The van der Waals surface area contributed by atoms with Gasteiger partial charge in [-0.25, -0.2) is 28.6 Å². The van der Waals surface area contributed by atoms with Gasteiger partial charge in [-0.3, -0.25) is 32.5 Å². The Morgan fingerprint density at radius 1 is 0.763 bits per heavy atom. The van der Waals surface area contributed by atoms with E-state index in [-0.39, 0.29) is 41.6 Å². The number of hydrogen-bond acceptors (Lipinski definition) is 18. The van der Waals surface area contributed by atoms with Crippen LogP contribution in [0, 0.1) is 11.3 Å². The minimum Gasteiger partial charge on any atom is -0.386 e. The Balaban J connectivity index is 1.19. The molecule has 7 atom stereocenters. The number of phosphoric acid groups is 3. The van der Waals surface area contributed by atoms with E-state index in [4.69, 9.17) is 19.5 Å². The van der Waals surface area contributed by atoms with E-state index in [1.807, 2.05) is 0 Å². The quantitative estimate of drug-likeness (QED) is 0.0223. The van der Waals surface area contributed by atoms with Crippen LogP contribution in [0.25, 0.3) is 11.2 Å². The molecule has 1 aliphatic heterocycles. The molecule has 1 saturated heterocycles. The predicted molar refractivity (Wildman–Crippen MR) is 288 cm³/mol. The van der Waals surface area contributed by atoms with E-state index in [0.717, 1.165) is 54.2 Å². The number of nitrogens with zero attached hydrogens (tertiary/aromatic N) is 4. The fraction of sp³-hybridized carbons (Fsp3) is 0.833. The second-order valence-electron chi connectivity index (χ2n) is 20.6. The number of ether oxygens (including phenoxy) is 1. The number of carbonyl (C=O) groups is 3. The zero-order valence-electron chi connectivity index (χ0n) is 44.9. The van der Waals surface area contributed by atoms with Crippen molar-refractivity contribution in [1.29, 1.82) is 0 Å². The van der Waals surface area contributed by atoms with Crippen molar-refractivity contribution in [1.82, 2.24) is 30.2 Å². The number of aliphatic hydroxyl groups excluding tert-OH is 2. The Morgan fingerprint density at radius 3 is 1.83 bits per heavy atom. The van der Waals surface area contributed by atoms with Crippen LogP contribution in [0.5, 0.6) is 0 Å². The van der Waals surface area contributed by atoms with E-state index in [9.17, 15) is 57.9 Å². The number of thioether (sulfide) groups is 1. The van der Waals surface area contributed by atoms with Crippen LogP contribution in [0.4, 0.5) is 5.82 Å². The highest BCUT2D eigenvalue weighted by Crippen LogP contribution is 2.61. The van der Waals surface area contributed by atoms with Gasteiger partial charge < -0.3 is 50.9 Å². The summed E-state index contributed by atoms with van der Waals surface area (Å²) in [6.07, 6.45) is 22.4. The van der Waals surface area contributed by atoms with Crippen LogP contribution in [0.2, 0.25) is 0 Å². The lowest BCUT2D eigenvalue weighted by atomic mass is 9.87. The Morgan fingerprint density at radius 2 is 1.29 bits per heavy atom. The maximum Gasteiger partial charge on any atom is 0.481 e. The Kier molecular flexibility index (Phi) is 31.5. The SMILES string of the molecule is CC(C)CCCCCCCCCCCCCCCCCCCCCCCC(=O)SCCNC(=O)CCNC(=O)[C@@H](O)C(C)(C)COP(=O)(O)OP(=O)(O)OC[C@@H]1O[C@H](n2cnc3c(N)ncnc32)[C@@H](O)[C@H]1OP(=O)(O)O. The number of anilines is 1. The molecule has 76 heavy (non-hydrogen) atoms. The number of nitrogens with one attached hydrogen (secondary N) is 2. The highest BCUT2D eigenvalue weighted by atomic mass is 32.2. The van der Waals surface area contributed by atoms with Gasteiger partial charge in [0, 0.05) is 37.1 Å². The van der Waals surface area contributed by atoms with Crippen molar-refractivity contribution in [3.63, 3.8) is 0 Å². The van der Waals surface area contributed by atoms with Gasteiger partial charge in [0.1, 0.15) is 36.3 Å². The van der Waals surface area contributed by atoms with Crippen LogP contribution in [-0.2, 0) is 50.7 Å². The van der Waals surface area contributed by atoms with Crippen LogP contribution in [0.1, 0.15) is 188 Å². The molecule has 10 N–H and O–H groups in total. The molecule has 2 aromatic rings. The molecule has 2 unspecified atom stereocenters. The number of amides is 2. The number of nitrogens with two attached hydrogens (primary N) is 1. The van der Waals surface area contributed by atoms with Crippen LogP contribution in [-0.4, -0.2) is 123 Å². The van der Waals surface area contributed by atoms with Crippen molar-refractivity contribution < 1.29 is 80.5 Å². The minimum absolute atomic E-state index is 0.0347. The van der Waals surface area contributed by atoms with Crippen molar-refractivity contribution >= 4 is 69.1 Å². The van der Waals surface area contributed by atoms with Gasteiger partial charge >= 0.3 is 23.5 Å². The number of aliphatic hydroxyl groups is 2. The van der Waals surface area contributed by atoms with Crippen molar-refractivity contribution in [3.05, 3.63) is 12.7 Å². The summed E-state index contributed by atoms with van der Waals surface area (Å²) >= 11 is 1.16. The Labute approximate surface area is 452 Å². The van der Waals surface area contributed by atoms with Crippen molar-refractivity contribution in [2.24, 2.45) is 11.3 Å². The second-order valence-corrected chi connectivity index (χ2v) is 26.0. The second kappa shape index (κ2) is 35.3. The maximum atomic E-state index is 12.8. The first-order valence-corrected chi connectivity index (χ1v) is 32.5. The zero-order valence-corrected chi connectivity index (χ0v) is 48.4. The lowest BCUT2D eigenvalue weighted by Gasteiger charge is -2.30. The molecule has 0 aromatic carbocycles. The number of carbonyl (C=O) groups excluding carboxylic acids is 3.